The molecule has 0 radical (unpaired) electrons. The summed E-state index contributed by atoms with van der Waals surface area (Å²) in [6.45, 7) is 2.71. The van der Waals surface area contributed by atoms with E-state index >= 15 is 0 Å². The fourth-order valence-corrected chi connectivity index (χ4v) is 1.40. The molecule has 3 nitrogen and oxygen atoms in total. The zero-order chi connectivity index (χ0) is 11.1. The maximum atomic E-state index is 9.00. The van der Waals surface area contributed by atoms with Crippen molar-refractivity contribution in [1.29, 1.82) is 0 Å². The Balaban J connectivity index is 0.000000151. The first-order valence-corrected chi connectivity index (χ1v) is 5.22. The summed E-state index contributed by atoms with van der Waals surface area (Å²) < 4.78 is 5.19. The molecule has 1 saturated heterocycles. The first-order chi connectivity index (χ1) is 7.18. The van der Waals surface area contributed by atoms with Gasteiger partial charge in [-0.15, -0.1) is 0 Å². The molecule has 1 aromatic rings. The summed E-state index contributed by atoms with van der Waals surface area (Å²) in [5, 5.41) is 17.6. The lowest BCUT2D eigenvalue weighted by Crippen LogP contribution is -2.26. The van der Waals surface area contributed by atoms with Crippen molar-refractivity contribution in [2.75, 3.05) is 6.61 Å². The van der Waals surface area contributed by atoms with E-state index in [-0.39, 0.29) is 12.2 Å². The molecule has 0 spiro atoms. The topological polar surface area (TPSA) is 49.7 Å². The molecule has 0 saturated carbocycles. The Labute approximate surface area is 90.3 Å². The van der Waals surface area contributed by atoms with Crippen LogP contribution in [0.3, 0.4) is 0 Å². The van der Waals surface area contributed by atoms with E-state index in [2.05, 4.69) is 0 Å². The van der Waals surface area contributed by atoms with Gasteiger partial charge >= 0.3 is 0 Å². The Kier molecular flexibility index (Phi) is 5.15. The zero-order valence-corrected chi connectivity index (χ0v) is 8.97. The van der Waals surface area contributed by atoms with Crippen LogP contribution < -0.4 is 0 Å². The third-order valence-electron chi connectivity index (χ3n) is 2.21. The molecule has 1 aliphatic rings. The molecular formula is C12H18O3. The van der Waals surface area contributed by atoms with E-state index in [0.29, 0.717) is 5.75 Å². The molecule has 2 N–H and O–H groups in total. The van der Waals surface area contributed by atoms with E-state index in [1.54, 1.807) is 24.3 Å². The number of para-hydroxylation sites is 1. The Morgan fingerprint density at radius 2 is 1.93 bits per heavy atom. The van der Waals surface area contributed by atoms with Crippen LogP contribution in [-0.2, 0) is 4.74 Å². The van der Waals surface area contributed by atoms with E-state index in [0.717, 1.165) is 19.4 Å². The molecule has 84 valence electrons. The van der Waals surface area contributed by atoms with Gasteiger partial charge < -0.3 is 14.9 Å². The summed E-state index contributed by atoms with van der Waals surface area (Å²) in [6.07, 6.45) is 1.77. The van der Waals surface area contributed by atoms with Crippen LogP contribution in [0.25, 0.3) is 0 Å². The highest BCUT2D eigenvalue weighted by atomic mass is 16.5. The van der Waals surface area contributed by atoms with E-state index in [1.165, 1.54) is 0 Å². The SMILES string of the molecule is CC1CC(O)CCO1.Oc1ccccc1. The van der Waals surface area contributed by atoms with Gasteiger partial charge in [-0.2, -0.15) is 0 Å². The molecule has 1 heterocycles. The standard InChI is InChI=1S/C6H12O2.C6H6O/c1-5-4-6(7)2-3-8-5;7-6-4-2-1-3-5-6/h5-7H,2-4H2,1H3;1-5,7H. The molecule has 15 heavy (non-hydrogen) atoms. The second-order valence-electron chi connectivity index (χ2n) is 3.70. The minimum atomic E-state index is -0.112. The predicted octanol–water partition coefficient (Wildman–Crippen LogP) is 1.94. The van der Waals surface area contributed by atoms with Crippen LogP contribution in [0.15, 0.2) is 30.3 Å². The van der Waals surface area contributed by atoms with Gasteiger partial charge in [0.05, 0.1) is 12.2 Å². The average Bonchev–Trinajstić information content (AvgIpc) is 2.19. The first-order valence-electron chi connectivity index (χ1n) is 5.22. The smallest absolute Gasteiger partial charge is 0.115 e. The molecule has 0 amide bonds. The summed E-state index contributed by atoms with van der Waals surface area (Å²) in [5.74, 6) is 0.322. The molecule has 3 heteroatoms. The van der Waals surface area contributed by atoms with Gasteiger partial charge in [0.25, 0.3) is 0 Å². The summed E-state index contributed by atoms with van der Waals surface area (Å²) in [6, 6.07) is 8.71. The molecule has 2 rings (SSSR count). The lowest BCUT2D eigenvalue weighted by molar-refractivity contribution is -0.0340. The van der Waals surface area contributed by atoms with Gasteiger partial charge in [0.15, 0.2) is 0 Å². The number of phenols is 1. The van der Waals surface area contributed by atoms with Crippen molar-refractivity contribution in [3.8, 4) is 5.75 Å². The number of hydrogen-bond acceptors (Lipinski definition) is 3. The highest BCUT2D eigenvalue weighted by Crippen LogP contribution is 2.11. The highest BCUT2D eigenvalue weighted by molar-refractivity contribution is 5.18. The largest absolute Gasteiger partial charge is 0.508 e. The molecule has 1 fully saturated rings. The maximum absolute atomic E-state index is 9.00. The van der Waals surface area contributed by atoms with Gasteiger partial charge in [-0.1, -0.05) is 18.2 Å². The summed E-state index contributed by atoms with van der Waals surface area (Å²) in [4.78, 5) is 0. The molecule has 1 aromatic carbocycles. The molecule has 0 aliphatic carbocycles. The minimum absolute atomic E-state index is 0.112. The van der Waals surface area contributed by atoms with Gasteiger partial charge in [0.1, 0.15) is 5.75 Å². The Morgan fingerprint density at radius 1 is 1.27 bits per heavy atom. The number of ether oxygens (including phenoxy) is 1. The second kappa shape index (κ2) is 6.43. The highest BCUT2D eigenvalue weighted by Gasteiger charge is 2.15. The fraction of sp³-hybridized carbons (Fsp3) is 0.500. The van der Waals surface area contributed by atoms with Crippen molar-refractivity contribution in [1.82, 2.24) is 0 Å². The number of rotatable bonds is 0. The van der Waals surface area contributed by atoms with Crippen LogP contribution in [0, 0.1) is 0 Å². The molecule has 1 aliphatic heterocycles. The molecule has 0 aromatic heterocycles. The van der Waals surface area contributed by atoms with Gasteiger partial charge in [0, 0.05) is 6.61 Å². The van der Waals surface area contributed by atoms with Gasteiger partial charge in [0.2, 0.25) is 0 Å². The van der Waals surface area contributed by atoms with E-state index in [4.69, 9.17) is 14.9 Å². The minimum Gasteiger partial charge on any atom is -0.508 e. The van der Waals surface area contributed by atoms with Crippen molar-refractivity contribution < 1.29 is 14.9 Å². The third kappa shape index (κ3) is 5.40. The normalized spacial score (nSPS) is 25.2. The summed E-state index contributed by atoms with van der Waals surface area (Å²) >= 11 is 0. The lowest BCUT2D eigenvalue weighted by atomic mass is 10.1. The van der Waals surface area contributed by atoms with Crippen molar-refractivity contribution in [3.05, 3.63) is 30.3 Å². The van der Waals surface area contributed by atoms with Crippen molar-refractivity contribution in [2.24, 2.45) is 0 Å². The number of benzene rings is 1. The monoisotopic (exact) mass is 210 g/mol. The lowest BCUT2D eigenvalue weighted by Gasteiger charge is -2.22. The first kappa shape index (κ1) is 12.0. The Hall–Kier alpha value is -1.06. The van der Waals surface area contributed by atoms with Crippen molar-refractivity contribution in [2.45, 2.75) is 32.0 Å². The molecule has 2 unspecified atom stereocenters. The average molecular weight is 210 g/mol. The number of aromatic hydroxyl groups is 1. The number of phenolic OH excluding ortho intramolecular Hbond substituents is 1. The van der Waals surface area contributed by atoms with Crippen molar-refractivity contribution in [3.63, 3.8) is 0 Å². The Morgan fingerprint density at radius 3 is 2.27 bits per heavy atom. The van der Waals surface area contributed by atoms with Crippen LogP contribution in [0.2, 0.25) is 0 Å². The summed E-state index contributed by atoms with van der Waals surface area (Å²) in [5.41, 5.74) is 0. The van der Waals surface area contributed by atoms with Crippen LogP contribution in [0.5, 0.6) is 5.75 Å². The van der Waals surface area contributed by atoms with E-state index in [9.17, 15) is 0 Å². The molecular weight excluding hydrogens is 192 g/mol. The van der Waals surface area contributed by atoms with Crippen LogP contribution in [-0.4, -0.2) is 29.0 Å². The van der Waals surface area contributed by atoms with E-state index in [1.807, 2.05) is 13.0 Å². The van der Waals surface area contributed by atoms with Crippen LogP contribution in [0.1, 0.15) is 19.8 Å². The number of aliphatic hydroxyl groups excluding tert-OH is 1. The van der Waals surface area contributed by atoms with Gasteiger partial charge in [-0.25, -0.2) is 0 Å². The van der Waals surface area contributed by atoms with Crippen molar-refractivity contribution >= 4 is 0 Å². The third-order valence-corrected chi connectivity index (χ3v) is 2.21. The number of aliphatic hydroxyl groups is 1. The quantitative estimate of drug-likeness (QED) is 0.688. The van der Waals surface area contributed by atoms with Gasteiger partial charge in [-0.05, 0) is 31.9 Å². The second-order valence-corrected chi connectivity index (χ2v) is 3.70. The maximum Gasteiger partial charge on any atom is 0.115 e. The fourth-order valence-electron chi connectivity index (χ4n) is 1.40. The van der Waals surface area contributed by atoms with E-state index < -0.39 is 0 Å². The molecule has 0 bridgehead atoms. The predicted molar refractivity (Wildman–Crippen MR) is 58.8 cm³/mol. The van der Waals surface area contributed by atoms with Gasteiger partial charge in [-0.3, -0.25) is 0 Å². The van der Waals surface area contributed by atoms with Crippen LogP contribution >= 0.6 is 0 Å². The van der Waals surface area contributed by atoms with Crippen LogP contribution in [0.4, 0.5) is 0 Å². The molecule has 2 atom stereocenters. The zero-order valence-electron chi connectivity index (χ0n) is 8.97. The Bertz CT molecular complexity index is 253. The number of hydrogen-bond donors (Lipinski definition) is 2. The summed E-state index contributed by atoms with van der Waals surface area (Å²) in [7, 11) is 0.